The molecule has 0 radical (unpaired) electrons. The van der Waals surface area contributed by atoms with E-state index in [1.54, 1.807) is 42.5 Å². The predicted octanol–water partition coefficient (Wildman–Crippen LogP) is 4.77. The number of amides is 2. The van der Waals surface area contributed by atoms with E-state index < -0.39 is 0 Å². The van der Waals surface area contributed by atoms with Gasteiger partial charge in [-0.05, 0) is 55.0 Å². The Labute approximate surface area is 180 Å². The molecule has 5 nitrogen and oxygen atoms in total. The van der Waals surface area contributed by atoms with Crippen LogP contribution in [0.3, 0.4) is 0 Å². The molecule has 0 heterocycles. The van der Waals surface area contributed by atoms with Crippen molar-refractivity contribution in [3.05, 3.63) is 102 Å². The fraction of sp³-hybridized carbons (Fsp3) is 0.0417. The topological polar surface area (TPSA) is 70.2 Å². The Morgan fingerprint density at radius 3 is 2.23 bits per heavy atom. The summed E-state index contributed by atoms with van der Waals surface area (Å²) < 4.78 is 0. The van der Waals surface area contributed by atoms with Crippen LogP contribution in [-0.4, -0.2) is 16.9 Å². The van der Waals surface area contributed by atoms with Crippen molar-refractivity contribution in [2.24, 2.45) is 0 Å². The average molecular weight is 416 g/mol. The van der Waals surface area contributed by atoms with Gasteiger partial charge in [0.15, 0.2) is 5.11 Å². The molecule has 3 N–H and O–H groups in total. The standard InChI is InChI=1S/C24H21N3O2S/c1-17-11-13-18(14-12-17)15-16-22(28)27-24(30)26-21-10-6-5-9-20(21)23(29)25-19-7-3-2-4-8-19/h2-16H,1H3,(H,25,29)(H2,26,27,28,30). The molecule has 0 atom stereocenters. The Balaban J connectivity index is 1.61. The fourth-order valence-electron chi connectivity index (χ4n) is 2.67. The smallest absolute Gasteiger partial charge is 0.257 e. The van der Waals surface area contributed by atoms with Gasteiger partial charge in [-0.1, -0.05) is 60.2 Å². The van der Waals surface area contributed by atoms with Crippen molar-refractivity contribution in [1.82, 2.24) is 5.32 Å². The molecule has 150 valence electrons. The van der Waals surface area contributed by atoms with Gasteiger partial charge in [0.05, 0.1) is 11.3 Å². The molecule has 0 aliphatic heterocycles. The Morgan fingerprint density at radius 1 is 0.833 bits per heavy atom. The summed E-state index contributed by atoms with van der Waals surface area (Å²) >= 11 is 5.23. The molecule has 3 aromatic carbocycles. The highest BCUT2D eigenvalue weighted by Gasteiger charge is 2.12. The molecule has 0 fully saturated rings. The summed E-state index contributed by atoms with van der Waals surface area (Å²) in [4.78, 5) is 24.8. The highest BCUT2D eigenvalue weighted by atomic mass is 32.1. The van der Waals surface area contributed by atoms with Crippen LogP contribution in [0.2, 0.25) is 0 Å². The summed E-state index contributed by atoms with van der Waals surface area (Å²) in [5.41, 5.74) is 3.66. The van der Waals surface area contributed by atoms with Crippen LogP contribution >= 0.6 is 12.2 Å². The van der Waals surface area contributed by atoms with Crippen LogP contribution in [-0.2, 0) is 4.79 Å². The average Bonchev–Trinajstić information content (AvgIpc) is 2.74. The SMILES string of the molecule is Cc1ccc(C=CC(=O)NC(=S)Nc2ccccc2C(=O)Nc2ccccc2)cc1. The number of thiocarbonyl (C=S) groups is 1. The van der Waals surface area contributed by atoms with E-state index in [1.165, 1.54) is 6.08 Å². The van der Waals surface area contributed by atoms with Gasteiger partial charge in [0.25, 0.3) is 5.91 Å². The van der Waals surface area contributed by atoms with Crippen LogP contribution in [0.4, 0.5) is 11.4 Å². The number of benzene rings is 3. The van der Waals surface area contributed by atoms with E-state index >= 15 is 0 Å². The van der Waals surface area contributed by atoms with Crippen molar-refractivity contribution < 1.29 is 9.59 Å². The normalized spacial score (nSPS) is 10.4. The number of para-hydroxylation sites is 2. The fourth-order valence-corrected chi connectivity index (χ4v) is 2.88. The van der Waals surface area contributed by atoms with Crippen LogP contribution in [0.5, 0.6) is 0 Å². The number of rotatable bonds is 5. The molecule has 0 aliphatic rings. The third-order valence-corrected chi connectivity index (χ3v) is 4.40. The van der Waals surface area contributed by atoms with E-state index in [4.69, 9.17) is 12.2 Å². The van der Waals surface area contributed by atoms with Gasteiger partial charge >= 0.3 is 0 Å². The molecule has 0 bridgehead atoms. The lowest BCUT2D eigenvalue weighted by atomic mass is 10.1. The summed E-state index contributed by atoms with van der Waals surface area (Å²) in [5.74, 6) is -0.642. The van der Waals surface area contributed by atoms with E-state index in [0.29, 0.717) is 16.9 Å². The number of nitrogens with one attached hydrogen (secondary N) is 3. The molecule has 30 heavy (non-hydrogen) atoms. The Morgan fingerprint density at radius 2 is 1.50 bits per heavy atom. The third kappa shape index (κ3) is 6.12. The zero-order chi connectivity index (χ0) is 21.3. The molecule has 3 aromatic rings. The molecular weight excluding hydrogens is 394 g/mol. The minimum absolute atomic E-state index is 0.105. The van der Waals surface area contributed by atoms with Gasteiger partial charge in [-0.25, -0.2) is 0 Å². The van der Waals surface area contributed by atoms with Crippen molar-refractivity contribution in [3.8, 4) is 0 Å². The van der Waals surface area contributed by atoms with E-state index in [9.17, 15) is 9.59 Å². The number of carbonyl (C=O) groups excluding carboxylic acids is 2. The van der Waals surface area contributed by atoms with Crippen molar-refractivity contribution in [3.63, 3.8) is 0 Å². The molecule has 0 spiro atoms. The Kier molecular flexibility index (Phi) is 7.08. The van der Waals surface area contributed by atoms with Crippen molar-refractivity contribution in [1.29, 1.82) is 0 Å². The maximum atomic E-state index is 12.6. The highest BCUT2D eigenvalue weighted by molar-refractivity contribution is 7.80. The first-order chi connectivity index (χ1) is 14.5. The molecule has 3 rings (SSSR count). The second kappa shape index (κ2) is 10.1. The van der Waals surface area contributed by atoms with Crippen LogP contribution in [0.1, 0.15) is 21.5 Å². The largest absolute Gasteiger partial charge is 0.332 e. The third-order valence-electron chi connectivity index (χ3n) is 4.19. The lowest BCUT2D eigenvalue weighted by Gasteiger charge is -2.13. The molecular formula is C24H21N3O2S. The zero-order valence-electron chi connectivity index (χ0n) is 16.4. The van der Waals surface area contributed by atoms with E-state index in [0.717, 1.165) is 11.1 Å². The second-order valence-corrected chi connectivity index (χ2v) is 6.96. The van der Waals surface area contributed by atoms with Gasteiger partial charge in [-0.15, -0.1) is 0 Å². The van der Waals surface area contributed by atoms with Crippen LogP contribution in [0.25, 0.3) is 6.08 Å². The minimum Gasteiger partial charge on any atom is -0.332 e. The monoisotopic (exact) mass is 415 g/mol. The molecule has 0 aromatic heterocycles. The second-order valence-electron chi connectivity index (χ2n) is 6.55. The number of aryl methyl sites for hydroxylation is 1. The number of anilines is 2. The van der Waals surface area contributed by atoms with E-state index in [2.05, 4.69) is 16.0 Å². The Bertz CT molecular complexity index is 1080. The van der Waals surface area contributed by atoms with Gasteiger partial charge in [0.2, 0.25) is 5.91 Å². The summed E-state index contributed by atoms with van der Waals surface area (Å²) in [7, 11) is 0. The van der Waals surface area contributed by atoms with E-state index in [-0.39, 0.29) is 16.9 Å². The summed E-state index contributed by atoms with van der Waals surface area (Å²) in [6, 6.07) is 23.9. The van der Waals surface area contributed by atoms with Crippen LogP contribution in [0.15, 0.2) is 84.9 Å². The quantitative estimate of drug-likeness (QED) is 0.415. The van der Waals surface area contributed by atoms with Gasteiger partial charge < -0.3 is 10.6 Å². The Hall–Kier alpha value is -3.77. The molecule has 6 heteroatoms. The maximum Gasteiger partial charge on any atom is 0.257 e. The van der Waals surface area contributed by atoms with Crippen molar-refractivity contribution >= 4 is 46.6 Å². The predicted molar refractivity (Wildman–Crippen MR) is 125 cm³/mol. The number of hydrogen-bond donors (Lipinski definition) is 3. The van der Waals surface area contributed by atoms with Crippen molar-refractivity contribution in [2.75, 3.05) is 10.6 Å². The molecule has 0 saturated carbocycles. The first-order valence-electron chi connectivity index (χ1n) is 9.33. The molecule has 0 aliphatic carbocycles. The lowest BCUT2D eigenvalue weighted by Crippen LogP contribution is -2.33. The van der Waals surface area contributed by atoms with Gasteiger partial charge in [-0.2, -0.15) is 0 Å². The van der Waals surface area contributed by atoms with E-state index in [1.807, 2.05) is 49.4 Å². The van der Waals surface area contributed by atoms with Gasteiger partial charge in [0, 0.05) is 11.8 Å². The summed E-state index contributed by atoms with van der Waals surface area (Å²) in [6.45, 7) is 2.00. The zero-order valence-corrected chi connectivity index (χ0v) is 17.2. The molecule has 0 saturated heterocycles. The summed E-state index contributed by atoms with van der Waals surface area (Å²) in [5, 5.41) is 8.45. The first kappa shape index (κ1) is 21.0. The van der Waals surface area contributed by atoms with Crippen molar-refractivity contribution in [2.45, 2.75) is 6.92 Å². The number of carbonyl (C=O) groups is 2. The number of hydrogen-bond acceptors (Lipinski definition) is 3. The maximum absolute atomic E-state index is 12.6. The first-order valence-corrected chi connectivity index (χ1v) is 9.74. The van der Waals surface area contributed by atoms with Gasteiger partial charge in [0.1, 0.15) is 0 Å². The molecule has 2 amide bonds. The van der Waals surface area contributed by atoms with Crippen LogP contribution in [0, 0.1) is 6.92 Å². The lowest BCUT2D eigenvalue weighted by molar-refractivity contribution is -0.115. The highest BCUT2D eigenvalue weighted by Crippen LogP contribution is 2.17. The summed E-state index contributed by atoms with van der Waals surface area (Å²) in [6.07, 6.45) is 3.12. The van der Waals surface area contributed by atoms with Gasteiger partial charge in [-0.3, -0.25) is 14.9 Å². The minimum atomic E-state index is -0.362. The molecule has 0 unspecified atom stereocenters. The van der Waals surface area contributed by atoms with Crippen LogP contribution < -0.4 is 16.0 Å².